The van der Waals surface area contributed by atoms with Crippen molar-refractivity contribution in [1.82, 2.24) is 10.2 Å². The molecule has 0 bridgehead atoms. The van der Waals surface area contributed by atoms with E-state index in [0.717, 1.165) is 25.7 Å². The van der Waals surface area contributed by atoms with E-state index in [1.807, 2.05) is 24.3 Å². The summed E-state index contributed by atoms with van der Waals surface area (Å²) in [6.07, 6.45) is 4.10. The van der Waals surface area contributed by atoms with Crippen LogP contribution in [0.15, 0.2) is 48.5 Å². The summed E-state index contributed by atoms with van der Waals surface area (Å²) in [6.45, 7) is 7.84. The van der Waals surface area contributed by atoms with Crippen molar-refractivity contribution in [2.24, 2.45) is 0 Å². The van der Waals surface area contributed by atoms with Gasteiger partial charge in [0.1, 0.15) is 17.6 Å². The largest absolute Gasteiger partial charge is 0.484 e. The number of hydrogen-bond acceptors (Lipinski definition) is 3. The number of halogens is 1. The molecule has 1 saturated carbocycles. The number of rotatable bonds is 8. The van der Waals surface area contributed by atoms with Gasteiger partial charge in [-0.2, -0.15) is 0 Å². The normalized spacial score (nSPS) is 15.2. The molecule has 5 nitrogen and oxygen atoms in total. The van der Waals surface area contributed by atoms with Crippen LogP contribution in [0.1, 0.15) is 64.5 Å². The molecule has 0 spiro atoms. The smallest absolute Gasteiger partial charge is 0.261 e. The van der Waals surface area contributed by atoms with Crippen molar-refractivity contribution >= 4 is 11.8 Å². The van der Waals surface area contributed by atoms with E-state index in [0.29, 0.717) is 11.3 Å². The fraction of sp³-hybridized carbons (Fsp3) is 0.481. The van der Waals surface area contributed by atoms with Gasteiger partial charge in [-0.1, -0.05) is 63.9 Å². The summed E-state index contributed by atoms with van der Waals surface area (Å²) in [5.41, 5.74) is 1.55. The number of ether oxygens (including phenoxy) is 1. The minimum Gasteiger partial charge on any atom is -0.484 e. The highest BCUT2D eigenvalue weighted by molar-refractivity contribution is 5.88. The summed E-state index contributed by atoms with van der Waals surface area (Å²) >= 11 is 0. The van der Waals surface area contributed by atoms with E-state index >= 15 is 0 Å². The highest BCUT2D eigenvalue weighted by atomic mass is 19.1. The number of benzene rings is 2. The lowest BCUT2D eigenvalue weighted by atomic mass is 9.87. The molecule has 2 amide bonds. The molecule has 0 saturated heterocycles. The topological polar surface area (TPSA) is 58.6 Å². The first kappa shape index (κ1) is 24.7. The first-order chi connectivity index (χ1) is 15.6. The molecular formula is C27H35FN2O3. The Morgan fingerprint density at radius 3 is 2.33 bits per heavy atom. The molecule has 3 rings (SSSR count). The third-order valence-electron chi connectivity index (χ3n) is 6.25. The number of nitrogens with zero attached hydrogens (tertiary/aromatic N) is 1. The molecule has 0 aliphatic heterocycles. The summed E-state index contributed by atoms with van der Waals surface area (Å²) in [7, 11) is 0. The molecule has 1 aliphatic rings. The van der Waals surface area contributed by atoms with Gasteiger partial charge in [-0.15, -0.1) is 0 Å². The van der Waals surface area contributed by atoms with E-state index < -0.39 is 11.9 Å². The molecule has 33 heavy (non-hydrogen) atoms. The maximum Gasteiger partial charge on any atom is 0.261 e. The van der Waals surface area contributed by atoms with Gasteiger partial charge in [0.05, 0.1) is 0 Å². The first-order valence-corrected chi connectivity index (χ1v) is 11.7. The fourth-order valence-electron chi connectivity index (χ4n) is 4.06. The van der Waals surface area contributed by atoms with Crippen LogP contribution >= 0.6 is 0 Å². The van der Waals surface area contributed by atoms with E-state index in [1.165, 1.54) is 16.5 Å². The van der Waals surface area contributed by atoms with Gasteiger partial charge in [-0.05, 0) is 48.9 Å². The van der Waals surface area contributed by atoms with Crippen molar-refractivity contribution < 1.29 is 18.7 Å². The second-order valence-electron chi connectivity index (χ2n) is 9.84. The summed E-state index contributed by atoms with van der Waals surface area (Å²) < 4.78 is 20.1. The van der Waals surface area contributed by atoms with Crippen molar-refractivity contribution in [3.63, 3.8) is 0 Å². The average molecular weight is 455 g/mol. The summed E-state index contributed by atoms with van der Waals surface area (Å²) in [4.78, 5) is 27.4. The van der Waals surface area contributed by atoms with Gasteiger partial charge in [0.25, 0.3) is 5.91 Å². The Labute approximate surface area is 196 Å². The fourth-order valence-corrected chi connectivity index (χ4v) is 4.06. The molecular weight excluding hydrogens is 419 g/mol. The predicted octanol–water partition coefficient (Wildman–Crippen LogP) is 4.98. The summed E-state index contributed by atoms with van der Waals surface area (Å²) in [5, 5.41) is 3.04. The lowest BCUT2D eigenvalue weighted by Crippen LogP contribution is -2.50. The maximum atomic E-state index is 14.3. The lowest BCUT2D eigenvalue weighted by Gasteiger charge is -2.29. The Morgan fingerprint density at radius 1 is 1.09 bits per heavy atom. The third kappa shape index (κ3) is 6.80. The molecule has 1 atom stereocenters. The standard InChI is InChI=1S/C27H35FN2O3/c1-19(26(32)29-22-10-6-7-11-22)30(17-20-9-5-8-12-24(20)28)25(31)18-33-23-15-13-21(14-16-23)27(2,3)4/h5,8-9,12-16,19,22H,6-7,10-11,17-18H2,1-4H3,(H,29,32)/t19-/m0/s1. The molecule has 0 aromatic heterocycles. The minimum absolute atomic E-state index is 0.00289. The van der Waals surface area contributed by atoms with Crippen molar-refractivity contribution in [2.75, 3.05) is 6.61 Å². The van der Waals surface area contributed by atoms with Crippen molar-refractivity contribution in [3.8, 4) is 5.75 Å². The van der Waals surface area contributed by atoms with Crippen LogP contribution in [0.5, 0.6) is 5.75 Å². The van der Waals surface area contributed by atoms with Crippen LogP contribution in [-0.2, 0) is 21.5 Å². The molecule has 0 radical (unpaired) electrons. The highest BCUT2D eigenvalue weighted by Gasteiger charge is 2.29. The Bertz CT molecular complexity index is 947. The van der Waals surface area contributed by atoms with Gasteiger partial charge in [0.2, 0.25) is 5.91 Å². The first-order valence-electron chi connectivity index (χ1n) is 11.7. The van der Waals surface area contributed by atoms with Gasteiger partial charge in [0, 0.05) is 18.2 Å². The molecule has 178 valence electrons. The molecule has 1 fully saturated rings. The van der Waals surface area contributed by atoms with E-state index in [-0.39, 0.29) is 36.4 Å². The molecule has 2 aromatic carbocycles. The second kappa shape index (κ2) is 10.8. The van der Waals surface area contributed by atoms with Gasteiger partial charge in [-0.3, -0.25) is 9.59 Å². The Kier molecular flexibility index (Phi) is 8.11. The quantitative estimate of drug-likeness (QED) is 0.612. The third-order valence-corrected chi connectivity index (χ3v) is 6.25. The molecule has 0 heterocycles. The number of carbonyl (C=O) groups is 2. The minimum atomic E-state index is -0.746. The molecule has 1 aliphatic carbocycles. The summed E-state index contributed by atoms with van der Waals surface area (Å²) in [5.74, 6) is -0.420. The van der Waals surface area contributed by atoms with E-state index in [1.54, 1.807) is 25.1 Å². The van der Waals surface area contributed by atoms with Crippen LogP contribution in [0, 0.1) is 5.82 Å². The SMILES string of the molecule is C[C@@H](C(=O)NC1CCCC1)N(Cc1ccccc1F)C(=O)COc1ccc(C(C)(C)C)cc1. The number of carbonyl (C=O) groups excluding carboxylic acids is 2. The average Bonchev–Trinajstić information content (AvgIpc) is 3.29. The van der Waals surface area contributed by atoms with Crippen LogP contribution < -0.4 is 10.1 Å². The Hall–Kier alpha value is -2.89. The van der Waals surface area contributed by atoms with Crippen LogP contribution in [0.25, 0.3) is 0 Å². The zero-order chi connectivity index (χ0) is 24.0. The Morgan fingerprint density at radius 2 is 1.73 bits per heavy atom. The van der Waals surface area contributed by atoms with Crippen LogP contribution in [-0.4, -0.2) is 35.4 Å². The van der Waals surface area contributed by atoms with Crippen LogP contribution in [0.3, 0.4) is 0 Å². The van der Waals surface area contributed by atoms with Crippen molar-refractivity contribution in [2.45, 2.75) is 77.4 Å². The summed E-state index contributed by atoms with van der Waals surface area (Å²) in [6, 6.07) is 13.3. The number of nitrogens with one attached hydrogen (secondary N) is 1. The van der Waals surface area contributed by atoms with Crippen molar-refractivity contribution in [1.29, 1.82) is 0 Å². The van der Waals surface area contributed by atoms with E-state index in [9.17, 15) is 14.0 Å². The van der Waals surface area contributed by atoms with E-state index in [4.69, 9.17) is 4.74 Å². The van der Waals surface area contributed by atoms with Gasteiger partial charge in [-0.25, -0.2) is 4.39 Å². The second-order valence-corrected chi connectivity index (χ2v) is 9.84. The number of amides is 2. The Balaban J connectivity index is 1.70. The van der Waals surface area contributed by atoms with Crippen LogP contribution in [0.2, 0.25) is 0 Å². The van der Waals surface area contributed by atoms with E-state index in [2.05, 4.69) is 26.1 Å². The van der Waals surface area contributed by atoms with Gasteiger partial charge < -0.3 is 15.0 Å². The molecule has 1 N–H and O–H groups in total. The lowest BCUT2D eigenvalue weighted by molar-refractivity contribution is -0.142. The molecule has 0 unspecified atom stereocenters. The van der Waals surface area contributed by atoms with Crippen LogP contribution in [0.4, 0.5) is 4.39 Å². The molecule has 6 heteroatoms. The predicted molar refractivity (Wildman–Crippen MR) is 127 cm³/mol. The zero-order valence-electron chi connectivity index (χ0n) is 20.1. The maximum absolute atomic E-state index is 14.3. The van der Waals surface area contributed by atoms with Crippen molar-refractivity contribution in [3.05, 3.63) is 65.5 Å². The molecule has 2 aromatic rings. The zero-order valence-corrected chi connectivity index (χ0v) is 20.1. The van der Waals surface area contributed by atoms with Gasteiger partial charge in [0.15, 0.2) is 6.61 Å². The van der Waals surface area contributed by atoms with Gasteiger partial charge >= 0.3 is 0 Å². The highest BCUT2D eigenvalue weighted by Crippen LogP contribution is 2.24. The monoisotopic (exact) mass is 454 g/mol. The number of hydrogen-bond donors (Lipinski definition) is 1.